The lowest BCUT2D eigenvalue weighted by Gasteiger charge is -2.26. The van der Waals surface area contributed by atoms with Gasteiger partial charge in [0.05, 0.1) is 13.2 Å². The highest BCUT2D eigenvalue weighted by Crippen LogP contribution is 2.31. The van der Waals surface area contributed by atoms with Crippen molar-refractivity contribution in [2.24, 2.45) is 4.99 Å². The third-order valence-corrected chi connectivity index (χ3v) is 4.67. The summed E-state index contributed by atoms with van der Waals surface area (Å²) in [6, 6.07) is 11.8. The minimum absolute atomic E-state index is 0.0468. The van der Waals surface area contributed by atoms with Crippen molar-refractivity contribution in [2.75, 3.05) is 25.0 Å². The Hall–Kier alpha value is -3.09. The van der Waals surface area contributed by atoms with Crippen LogP contribution in [0.2, 0.25) is 0 Å². The van der Waals surface area contributed by atoms with Crippen molar-refractivity contribution >= 4 is 17.6 Å². The van der Waals surface area contributed by atoms with E-state index in [1.165, 1.54) is 0 Å². The molecule has 1 aromatic heterocycles. The van der Waals surface area contributed by atoms with Crippen LogP contribution in [0.5, 0.6) is 5.88 Å². The molecule has 1 atom stereocenters. The number of carbonyl (C=O) groups excluding carboxylic acids is 1. The molecule has 0 saturated carbocycles. The van der Waals surface area contributed by atoms with Gasteiger partial charge in [-0.1, -0.05) is 31.2 Å². The Labute approximate surface area is 172 Å². The molecule has 2 aromatic rings. The van der Waals surface area contributed by atoms with E-state index in [-0.39, 0.29) is 11.8 Å². The first kappa shape index (κ1) is 20.6. The highest BCUT2D eigenvalue weighted by Gasteiger charge is 2.24. The van der Waals surface area contributed by atoms with Crippen LogP contribution in [0.1, 0.15) is 43.7 Å². The van der Waals surface area contributed by atoms with Crippen LogP contribution < -0.4 is 20.7 Å². The van der Waals surface area contributed by atoms with Gasteiger partial charge in [-0.05, 0) is 31.0 Å². The fourth-order valence-corrected chi connectivity index (χ4v) is 3.28. The van der Waals surface area contributed by atoms with Crippen LogP contribution >= 0.6 is 0 Å². The van der Waals surface area contributed by atoms with Crippen molar-refractivity contribution in [3.8, 4) is 5.88 Å². The Morgan fingerprint density at radius 2 is 2.10 bits per heavy atom. The number of rotatable bonds is 8. The number of benzene rings is 1. The Morgan fingerprint density at radius 3 is 2.93 bits per heavy atom. The minimum atomic E-state index is 0.0468. The van der Waals surface area contributed by atoms with E-state index in [1.807, 2.05) is 37.3 Å². The number of hydrogen-bond donors (Lipinski definition) is 3. The van der Waals surface area contributed by atoms with Crippen molar-refractivity contribution in [2.45, 2.75) is 39.2 Å². The maximum absolute atomic E-state index is 12.0. The number of guanidine groups is 1. The van der Waals surface area contributed by atoms with Crippen molar-refractivity contribution in [3.63, 3.8) is 0 Å². The van der Waals surface area contributed by atoms with E-state index in [9.17, 15) is 4.79 Å². The van der Waals surface area contributed by atoms with Gasteiger partial charge >= 0.3 is 0 Å². The van der Waals surface area contributed by atoms with Crippen molar-refractivity contribution in [1.82, 2.24) is 15.6 Å². The van der Waals surface area contributed by atoms with E-state index in [4.69, 9.17) is 4.74 Å². The summed E-state index contributed by atoms with van der Waals surface area (Å²) in [5, 5.41) is 9.59. The van der Waals surface area contributed by atoms with Gasteiger partial charge in [0.15, 0.2) is 5.96 Å². The second-order valence-electron chi connectivity index (χ2n) is 6.93. The van der Waals surface area contributed by atoms with Gasteiger partial charge in [0.1, 0.15) is 0 Å². The first-order valence-corrected chi connectivity index (χ1v) is 10.2. The Balaban J connectivity index is 1.67. The highest BCUT2D eigenvalue weighted by atomic mass is 16.5. The quantitative estimate of drug-likeness (QED) is 0.472. The van der Waals surface area contributed by atoms with E-state index in [1.54, 1.807) is 6.20 Å². The summed E-state index contributed by atoms with van der Waals surface area (Å²) >= 11 is 0. The molecule has 7 nitrogen and oxygen atoms in total. The zero-order chi connectivity index (χ0) is 20.5. The fourth-order valence-electron chi connectivity index (χ4n) is 3.28. The SMILES string of the molecule is CCCOc1ncccc1CN=C(NCC)NCC1CC(=O)Nc2ccccc21. The van der Waals surface area contributed by atoms with Gasteiger partial charge in [-0.3, -0.25) is 4.79 Å². The van der Waals surface area contributed by atoms with E-state index < -0.39 is 0 Å². The van der Waals surface area contributed by atoms with Gasteiger partial charge in [-0.15, -0.1) is 0 Å². The van der Waals surface area contributed by atoms with Crippen LogP contribution in [-0.2, 0) is 11.3 Å². The molecule has 0 spiro atoms. The van der Waals surface area contributed by atoms with E-state index in [0.29, 0.717) is 38.0 Å². The smallest absolute Gasteiger partial charge is 0.225 e. The number of aliphatic imine (C=N–C) groups is 1. The molecule has 0 radical (unpaired) electrons. The molecule has 0 saturated heterocycles. The second-order valence-corrected chi connectivity index (χ2v) is 6.93. The number of carbonyl (C=O) groups is 1. The number of nitrogens with zero attached hydrogens (tertiary/aromatic N) is 2. The lowest BCUT2D eigenvalue weighted by molar-refractivity contribution is -0.116. The van der Waals surface area contributed by atoms with Crippen molar-refractivity contribution in [1.29, 1.82) is 0 Å². The average molecular weight is 396 g/mol. The van der Waals surface area contributed by atoms with Gasteiger partial charge < -0.3 is 20.7 Å². The van der Waals surface area contributed by atoms with Crippen molar-refractivity contribution in [3.05, 3.63) is 53.7 Å². The molecule has 0 fully saturated rings. The van der Waals surface area contributed by atoms with Gasteiger partial charge in [-0.25, -0.2) is 9.98 Å². The van der Waals surface area contributed by atoms with Crippen LogP contribution in [-0.4, -0.2) is 36.5 Å². The van der Waals surface area contributed by atoms with Crippen LogP contribution in [0.15, 0.2) is 47.6 Å². The molecule has 1 amide bonds. The maximum Gasteiger partial charge on any atom is 0.225 e. The lowest BCUT2D eigenvalue weighted by atomic mass is 9.90. The summed E-state index contributed by atoms with van der Waals surface area (Å²) in [5.41, 5.74) is 2.99. The lowest BCUT2D eigenvalue weighted by Crippen LogP contribution is -2.40. The molecule has 1 unspecified atom stereocenters. The number of nitrogens with one attached hydrogen (secondary N) is 3. The number of ether oxygens (including phenoxy) is 1. The number of anilines is 1. The van der Waals surface area contributed by atoms with Crippen LogP contribution in [0.4, 0.5) is 5.69 Å². The van der Waals surface area contributed by atoms with E-state index >= 15 is 0 Å². The molecule has 1 aliphatic heterocycles. The molecule has 1 aromatic carbocycles. The van der Waals surface area contributed by atoms with Gasteiger partial charge in [0.25, 0.3) is 0 Å². The number of para-hydroxylation sites is 1. The molecule has 3 N–H and O–H groups in total. The summed E-state index contributed by atoms with van der Waals surface area (Å²) in [4.78, 5) is 21.0. The molecular formula is C22H29N5O2. The normalized spacial score (nSPS) is 16.0. The molecule has 1 aliphatic rings. The molecule has 0 aliphatic carbocycles. The topological polar surface area (TPSA) is 87.6 Å². The van der Waals surface area contributed by atoms with Crippen LogP contribution in [0.3, 0.4) is 0 Å². The van der Waals surface area contributed by atoms with Gasteiger partial charge in [-0.2, -0.15) is 0 Å². The molecule has 154 valence electrons. The Kier molecular flexibility index (Phi) is 7.44. The molecule has 0 bridgehead atoms. The van der Waals surface area contributed by atoms with E-state index in [2.05, 4.69) is 38.9 Å². The number of pyridine rings is 1. The summed E-state index contributed by atoms with van der Waals surface area (Å²) in [6.07, 6.45) is 3.12. The molecule has 2 heterocycles. The van der Waals surface area contributed by atoms with Crippen LogP contribution in [0.25, 0.3) is 0 Å². The first-order valence-electron chi connectivity index (χ1n) is 10.2. The fraction of sp³-hybridized carbons (Fsp3) is 0.409. The average Bonchev–Trinajstić information content (AvgIpc) is 2.74. The third-order valence-electron chi connectivity index (χ3n) is 4.67. The summed E-state index contributed by atoms with van der Waals surface area (Å²) in [5.74, 6) is 1.49. The third kappa shape index (κ3) is 5.70. The predicted octanol–water partition coefficient (Wildman–Crippen LogP) is 3.05. The zero-order valence-corrected chi connectivity index (χ0v) is 17.1. The maximum atomic E-state index is 12.0. The Morgan fingerprint density at radius 1 is 1.24 bits per heavy atom. The monoisotopic (exact) mass is 395 g/mol. The molecule has 29 heavy (non-hydrogen) atoms. The highest BCUT2D eigenvalue weighted by molar-refractivity contribution is 5.94. The zero-order valence-electron chi connectivity index (χ0n) is 17.1. The van der Waals surface area contributed by atoms with Crippen molar-refractivity contribution < 1.29 is 9.53 Å². The van der Waals surface area contributed by atoms with Gasteiger partial charge in [0.2, 0.25) is 11.8 Å². The molecule has 3 rings (SSSR count). The predicted molar refractivity (Wildman–Crippen MR) is 115 cm³/mol. The summed E-state index contributed by atoms with van der Waals surface area (Å²) < 4.78 is 5.72. The van der Waals surface area contributed by atoms with E-state index in [0.717, 1.165) is 29.8 Å². The summed E-state index contributed by atoms with van der Waals surface area (Å²) in [7, 11) is 0. The number of amides is 1. The number of hydrogen-bond acceptors (Lipinski definition) is 4. The standard InChI is InChI=1S/C22H29N5O2/c1-3-12-29-21-16(8-7-11-24-21)14-25-22(23-4-2)26-15-17-13-20(28)27-19-10-6-5-9-18(17)19/h5-11,17H,3-4,12-15H2,1-2H3,(H,27,28)(H2,23,25,26). The number of fused-ring (bicyclic) bond motifs is 1. The minimum Gasteiger partial charge on any atom is -0.477 e. The van der Waals surface area contributed by atoms with Gasteiger partial charge in [0, 0.05) is 42.9 Å². The summed E-state index contributed by atoms with van der Waals surface area (Å²) in [6.45, 7) is 6.57. The molecule has 7 heteroatoms. The largest absolute Gasteiger partial charge is 0.477 e. The first-order chi connectivity index (χ1) is 14.2. The number of aromatic nitrogens is 1. The van der Waals surface area contributed by atoms with Crippen LogP contribution in [0, 0.1) is 0 Å². The molecular weight excluding hydrogens is 366 g/mol. The second kappa shape index (κ2) is 10.5. The Bertz CT molecular complexity index is 853.